The molecular weight excluding hydrogens is 298 g/mol. The van der Waals surface area contributed by atoms with E-state index in [1.54, 1.807) is 19.1 Å². The number of carbonyl (C=O) groups is 1. The fraction of sp³-hybridized carbons (Fsp3) is 0.278. The number of nitrogens with one attached hydrogen (secondary N) is 1. The molecule has 4 heteroatoms. The van der Waals surface area contributed by atoms with Gasteiger partial charge in [0, 0.05) is 11.6 Å². The molecule has 0 bridgehead atoms. The molecule has 0 fully saturated rings. The molecule has 2 aromatic rings. The molecule has 1 N–H and O–H groups in total. The quantitative estimate of drug-likeness (QED) is 0.903. The Labute approximate surface area is 136 Å². The van der Waals surface area contributed by atoms with Crippen LogP contribution in [0.5, 0.6) is 5.75 Å². The van der Waals surface area contributed by atoms with Crippen LogP contribution in [0.4, 0.5) is 0 Å². The van der Waals surface area contributed by atoms with Gasteiger partial charge in [-0.2, -0.15) is 0 Å². The number of ether oxygens (including phenoxy) is 1. The summed E-state index contributed by atoms with van der Waals surface area (Å²) in [4.78, 5) is 12.1. The van der Waals surface area contributed by atoms with Crippen molar-refractivity contribution in [2.75, 3.05) is 0 Å². The molecule has 0 aromatic heterocycles. The monoisotopic (exact) mass is 317 g/mol. The van der Waals surface area contributed by atoms with Gasteiger partial charge in [0.2, 0.25) is 0 Å². The van der Waals surface area contributed by atoms with Crippen molar-refractivity contribution >= 4 is 17.5 Å². The van der Waals surface area contributed by atoms with Gasteiger partial charge < -0.3 is 10.1 Å². The number of rotatable bonds is 5. The Morgan fingerprint density at radius 3 is 2.45 bits per heavy atom. The molecule has 0 aliphatic carbocycles. The van der Waals surface area contributed by atoms with Gasteiger partial charge in [0.15, 0.2) is 6.10 Å². The molecule has 1 amide bonds. The summed E-state index contributed by atoms with van der Waals surface area (Å²) in [6, 6.07) is 13.2. The van der Waals surface area contributed by atoms with E-state index in [0.717, 1.165) is 11.1 Å². The summed E-state index contributed by atoms with van der Waals surface area (Å²) in [6.07, 6.45) is -0.547. The normalized spacial score (nSPS) is 11.8. The zero-order chi connectivity index (χ0) is 16.1. The number of hydrogen-bond donors (Lipinski definition) is 1. The summed E-state index contributed by atoms with van der Waals surface area (Å²) >= 11 is 5.83. The van der Waals surface area contributed by atoms with Crippen LogP contribution in [0.3, 0.4) is 0 Å². The van der Waals surface area contributed by atoms with E-state index in [4.69, 9.17) is 16.3 Å². The predicted octanol–water partition coefficient (Wildman–Crippen LogP) is 4.04. The molecule has 2 rings (SSSR count). The van der Waals surface area contributed by atoms with E-state index in [-0.39, 0.29) is 5.91 Å². The number of benzene rings is 2. The van der Waals surface area contributed by atoms with Gasteiger partial charge >= 0.3 is 0 Å². The Morgan fingerprint density at radius 1 is 1.14 bits per heavy atom. The number of hydrogen-bond acceptors (Lipinski definition) is 2. The zero-order valence-electron chi connectivity index (χ0n) is 13.0. The van der Waals surface area contributed by atoms with Gasteiger partial charge in [0.25, 0.3) is 5.91 Å². The van der Waals surface area contributed by atoms with Gasteiger partial charge in [-0.05, 0) is 61.7 Å². The van der Waals surface area contributed by atoms with Gasteiger partial charge in [0.1, 0.15) is 5.75 Å². The van der Waals surface area contributed by atoms with E-state index in [1.807, 2.05) is 44.2 Å². The molecule has 0 saturated heterocycles. The molecule has 1 unspecified atom stereocenters. The van der Waals surface area contributed by atoms with Crippen LogP contribution in [-0.4, -0.2) is 12.0 Å². The number of carbonyl (C=O) groups excluding carboxylic acids is 1. The van der Waals surface area contributed by atoms with Gasteiger partial charge in [-0.1, -0.05) is 29.8 Å². The molecule has 0 spiro atoms. The van der Waals surface area contributed by atoms with Crippen LogP contribution >= 0.6 is 11.6 Å². The van der Waals surface area contributed by atoms with Crippen molar-refractivity contribution in [3.8, 4) is 5.75 Å². The van der Waals surface area contributed by atoms with Crippen molar-refractivity contribution in [2.24, 2.45) is 0 Å². The van der Waals surface area contributed by atoms with Crippen molar-refractivity contribution in [3.63, 3.8) is 0 Å². The minimum Gasteiger partial charge on any atom is -0.481 e. The topological polar surface area (TPSA) is 38.3 Å². The van der Waals surface area contributed by atoms with Gasteiger partial charge in [-0.3, -0.25) is 4.79 Å². The highest BCUT2D eigenvalue weighted by molar-refractivity contribution is 6.30. The highest BCUT2D eigenvalue weighted by Crippen LogP contribution is 2.17. The standard InChI is InChI=1S/C18H20ClNO2/c1-12-4-9-17(10-13(12)2)22-14(3)18(21)20-11-15-5-7-16(19)8-6-15/h4-10,14H,11H2,1-3H3,(H,20,21). The average Bonchev–Trinajstić information content (AvgIpc) is 2.50. The lowest BCUT2D eigenvalue weighted by Gasteiger charge is -2.15. The first-order valence-corrected chi connectivity index (χ1v) is 7.59. The smallest absolute Gasteiger partial charge is 0.261 e. The predicted molar refractivity (Wildman–Crippen MR) is 89.3 cm³/mol. The molecule has 0 heterocycles. The fourth-order valence-corrected chi connectivity index (χ4v) is 2.11. The third-order valence-corrected chi connectivity index (χ3v) is 3.79. The zero-order valence-corrected chi connectivity index (χ0v) is 13.8. The minimum absolute atomic E-state index is 0.145. The summed E-state index contributed by atoms with van der Waals surface area (Å²) in [5.74, 6) is 0.561. The summed E-state index contributed by atoms with van der Waals surface area (Å²) in [7, 11) is 0. The van der Waals surface area contributed by atoms with Crippen LogP contribution in [-0.2, 0) is 11.3 Å². The van der Waals surface area contributed by atoms with Crippen LogP contribution in [0.25, 0.3) is 0 Å². The molecule has 116 valence electrons. The highest BCUT2D eigenvalue weighted by Gasteiger charge is 2.14. The number of amides is 1. The molecule has 3 nitrogen and oxygen atoms in total. The third-order valence-electron chi connectivity index (χ3n) is 3.54. The highest BCUT2D eigenvalue weighted by atomic mass is 35.5. The van der Waals surface area contributed by atoms with E-state index in [9.17, 15) is 4.79 Å². The van der Waals surface area contributed by atoms with E-state index in [1.165, 1.54) is 5.56 Å². The lowest BCUT2D eigenvalue weighted by atomic mass is 10.1. The molecule has 0 aliphatic rings. The maximum Gasteiger partial charge on any atom is 0.261 e. The maximum absolute atomic E-state index is 12.1. The second-order valence-electron chi connectivity index (χ2n) is 5.35. The van der Waals surface area contributed by atoms with Crippen molar-refractivity contribution in [1.82, 2.24) is 5.32 Å². The number of aryl methyl sites for hydroxylation is 2. The molecule has 0 aliphatic heterocycles. The molecule has 0 radical (unpaired) electrons. The largest absolute Gasteiger partial charge is 0.481 e. The van der Waals surface area contributed by atoms with Gasteiger partial charge in [-0.15, -0.1) is 0 Å². The molecule has 1 atom stereocenters. The van der Waals surface area contributed by atoms with Crippen LogP contribution in [0, 0.1) is 13.8 Å². The lowest BCUT2D eigenvalue weighted by molar-refractivity contribution is -0.127. The summed E-state index contributed by atoms with van der Waals surface area (Å²) < 4.78 is 5.69. The van der Waals surface area contributed by atoms with E-state index >= 15 is 0 Å². The third kappa shape index (κ3) is 4.50. The molecule has 22 heavy (non-hydrogen) atoms. The minimum atomic E-state index is -0.547. The lowest BCUT2D eigenvalue weighted by Crippen LogP contribution is -2.35. The first-order valence-electron chi connectivity index (χ1n) is 7.22. The van der Waals surface area contributed by atoms with Crippen molar-refractivity contribution < 1.29 is 9.53 Å². The number of halogens is 1. The molecule has 2 aromatic carbocycles. The van der Waals surface area contributed by atoms with Crippen molar-refractivity contribution in [1.29, 1.82) is 0 Å². The Morgan fingerprint density at radius 2 is 1.82 bits per heavy atom. The van der Waals surface area contributed by atoms with E-state index in [2.05, 4.69) is 5.32 Å². The van der Waals surface area contributed by atoms with Crippen molar-refractivity contribution in [2.45, 2.75) is 33.4 Å². The van der Waals surface area contributed by atoms with Crippen LogP contribution < -0.4 is 10.1 Å². The first kappa shape index (κ1) is 16.4. The first-order chi connectivity index (χ1) is 10.5. The second-order valence-corrected chi connectivity index (χ2v) is 5.79. The van der Waals surface area contributed by atoms with E-state index in [0.29, 0.717) is 17.3 Å². The van der Waals surface area contributed by atoms with Crippen molar-refractivity contribution in [3.05, 3.63) is 64.2 Å². The average molecular weight is 318 g/mol. The van der Waals surface area contributed by atoms with E-state index < -0.39 is 6.10 Å². The van der Waals surface area contributed by atoms with Gasteiger partial charge in [0.05, 0.1) is 0 Å². The molecule has 0 saturated carbocycles. The molecular formula is C18H20ClNO2. The summed E-state index contributed by atoms with van der Waals surface area (Å²) in [5, 5.41) is 3.54. The fourth-order valence-electron chi connectivity index (χ4n) is 1.98. The Kier molecular flexibility index (Phi) is 5.45. The Bertz CT molecular complexity index is 653. The summed E-state index contributed by atoms with van der Waals surface area (Å²) in [6.45, 7) is 6.26. The maximum atomic E-state index is 12.1. The Hall–Kier alpha value is -2.00. The van der Waals surface area contributed by atoms with Crippen LogP contribution in [0.2, 0.25) is 5.02 Å². The van der Waals surface area contributed by atoms with Crippen LogP contribution in [0.1, 0.15) is 23.6 Å². The SMILES string of the molecule is Cc1ccc(OC(C)C(=O)NCc2ccc(Cl)cc2)cc1C. The van der Waals surface area contributed by atoms with Gasteiger partial charge in [-0.25, -0.2) is 0 Å². The summed E-state index contributed by atoms with van der Waals surface area (Å²) in [5.41, 5.74) is 3.34. The second kappa shape index (κ2) is 7.32. The Balaban J connectivity index is 1.88. The van der Waals surface area contributed by atoms with Crippen LogP contribution in [0.15, 0.2) is 42.5 Å².